The van der Waals surface area contributed by atoms with Crippen molar-refractivity contribution < 1.29 is 4.42 Å². The zero-order valence-corrected chi connectivity index (χ0v) is 34.6. The molecular weight excluding hydrogens is 781 g/mol. The van der Waals surface area contributed by atoms with Crippen LogP contribution in [-0.4, -0.2) is 15.0 Å². The minimum atomic E-state index is 0.589. The summed E-state index contributed by atoms with van der Waals surface area (Å²) >= 11 is 0. The first-order valence-corrected chi connectivity index (χ1v) is 21.5. The van der Waals surface area contributed by atoms with Gasteiger partial charge in [0.2, 0.25) is 0 Å². The van der Waals surface area contributed by atoms with Gasteiger partial charge in [0.15, 0.2) is 23.1 Å². The van der Waals surface area contributed by atoms with E-state index in [2.05, 4.69) is 205 Å². The Kier molecular flexibility index (Phi) is 9.08. The maximum atomic E-state index is 7.08. The summed E-state index contributed by atoms with van der Waals surface area (Å²) in [6.07, 6.45) is 0. The van der Waals surface area contributed by atoms with Crippen LogP contribution in [0.1, 0.15) is 0 Å². The second kappa shape index (κ2) is 15.7. The summed E-state index contributed by atoms with van der Waals surface area (Å²) in [5.41, 5.74) is 11.9. The molecule has 0 bridgehead atoms. The van der Waals surface area contributed by atoms with Gasteiger partial charge >= 0.3 is 0 Å². The summed E-state index contributed by atoms with van der Waals surface area (Å²) in [6, 6.07) is 80.6. The van der Waals surface area contributed by atoms with E-state index in [9.17, 15) is 0 Å². The summed E-state index contributed by atoms with van der Waals surface area (Å²) in [5, 5.41) is 6.45. The van der Waals surface area contributed by atoms with Gasteiger partial charge in [0.25, 0.3) is 0 Å². The molecular formula is C59H38N4O. The number of anilines is 3. The van der Waals surface area contributed by atoms with E-state index >= 15 is 0 Å². The molecule has 0 aliphatic carbocycles. The van der Waals surface area contributed by atoms with Gasteiger partial charge < -0.3 is 9.32 Å². The molecule has 0 N–H and O–H groups in total. The standard InChI is InChI=1S/C59H38N4O/c1-4-16-39(17-5-1)41-30-33-48(34-31-41)63(53-27-15-14-25-49(53)42-19-6-2-7-20-42)55-50-26-13-12-24-45(50)37-52-51-38-47(32-35-54(51)64-56(52)55)59-61-57(43-21-8-3-9-22-43)60-58(62-59)46-29-28-40-18-10-11-23-44(40)36-46/h1-38H. The average Bonchev–Trinajstić information content (AvgIpc) is 3.74. The first-order chi connectivity index (χ1) is 31.7. The molecule has 0 spiro atoms. The van der Waals surface area contributed by atoms with Gasteiger partial charge in [-0.05, 0) is 81.4 Å². The van der Waals surface area contributed by atoms with E-state index < -0.39 is 0 Å². The Morgan fingerprint density at radius 1 is 0.328 bits per heavy atom. The van der Waals surface area contributed by atoms with Crippen LogP contribution in [-0.2, 0) is 0 Å². The molecule has 0 unspecified atom stereocenters. The number of furan rings is 1. The molecule has 0 saturated carbocycles. The van der Waals surface area contributed by atoms with Gasteiger partial charge in [-0.2, -0.15) is 0 Å². The van der Waals surface area contributed by atoms with E-state index in [1.165, 1.54) is 10.9 Å². The minimum Gasteiger partial charge on any atom is -0.454 e. The number of hydrogen-bond donors (Lipinski definition) is 0. The molecule has 2 aromatic heterocycles. The lowest BCUT2D eigenvalue weighted by Crippen LogP contribution is -2.12. The fraction of sp³-hybridized carbons (Fsp3) is 0. The number of hydrogen-bond acceptors (Lipinski definition) is 5. The molecule has 5 heteroatoms. The number of rotatable bonds is 8. The van der Waals surface area contributed by atoms with Crippen molar-refractivity contribution in [2.45, 2.75) is 0 Å². The van der Waals surface area contributed by atoms with Crippen molar-refractivity contribution in [1.29, 1.82) is 0 Å². The Morgan fingerprint density at radius 3 is 1.59 bits per heavy atom. The topological polar surface area (TPSA) is 55.1 Å². The number of fused-ring (bicyclic) bond motifs is 5. The molecule has 10 aromatic carbocycles. The maximum absolute atomic E-state index is 7.08. The second-order valence-corrected chi connectivity index (χ2v) is 16.0. The van der Waals surface area contributed by atoms with E-state index in [1.807, 2.05) is 30.3 Å². The molecule has 12 rings (SSSR count). The van der Waals surface area contributed by atoms with Gasteiger partial charge in [-0.3, -0.25) is 0 Å². The largest absolute Gasteiger partial charge is 0.454 e. The van der Waals surface area contributed by atoms with Crippen LogP contribution >= 0.6 is 0 Å². The van der Waals surface area contributed by atoms with E-state index in [0.717, 1.165) is 88.5 Å². The Hall–Kier alpha value is -8.67. The molecule has 0 atom stereocenters. The Balaban J connectivity index is 1.08. The second-order valence-electron chi connectivity index (χ2n) is 16.0. The van der Waals surface area contributed by atoms with Gasteiger partial charge in [0.1, 0.15) is 5.58 Å². The number of aromatic nitrogens is 3. The Morgan fingerprint density at radius 2 is 0.859 bits per heavy atom. The van der Waals surface area contributed by atoms with Crippen molar-refractivity contribution in [3.8, 4) is 56.4 Å². The molecule has 0 radical (unpaired) electrons. The highest BCUT2D eigenvalue weighted by Gasteiger charge is 2.25. The zero-order chi connectivity index (χ0) is 42.4. The maximum Gasteiger partial charge on any atom is 0.164 e. The average molecular weight is 819 g/mol. The Bertz CT molecular complexity index is 3660. The van der Waals surface area contributed by atoms with Crippen molar-refractivity contribution in [3.05, 3.63) is 231 Å². The monoisotopic (exact) mass is 818 g/mol. The van der Waals surface area contributed by atoms with Crippen LogP contribution in [0.15, 0.2) is 235 Å². The van der Waals surface area contributed by atoms with E-state index in [0.29, 0.717) is 17.5 Å². The van der Waals surface area contributed by atoms with Crippen LogP contribution in [0.5, 0.6) is 0 Å². The predicted molar refractivity (Wildman–Crippen MR) is 264 cm³/mol. The highest BCUT2D eigenvalue weighted by molar-refractivity contribution is 6.20. The van der Waals surface area contributed by atoms with Gasteiger partial charge in [0, 0.05) is 44.1 Å². The van der Waals surface area contributed by atoms with E-state index in [4.69, 9.17) is 19.4 Å². The van der Waals surface area contributed by atoms with Crippen LogP contribution in [0.4, 0.5) is 17.1 Å². The SMILES string of the molecule is c1ccc(-c2ccc(N(c3ccccc3-c3ccccc3)c3c4ccccc4cc4c3oc3ccc(-c5nc(-c6ccccc6)nc(-c6ccc7ccccc7c6)n5)cc34)cc2)cc1. The lowest BCUT2D eigenvalue weighted by Gasteiger charge is -2.29. The molecule has 0 fully saturated rings. The van der Waals surface area contributed by atoms with Crippen molar-refractivity contribution >= 4 is 60.5 Å². The third kappa shape index (κ3) is 6.64. The molecule has 0 amide bonds. The zero-order valence-electron chi connectivity index (χ0n) is 34.6. The predicted octanol–water partition coefficient (Wildman–Crippen LogP) is 15.9. The molecule has 12 aromatic rings. The summed E-state index contributed by atoms with van der Waals surface area (Å²) in [7, 11) is 0. The first-order valence-electron chi connectivity index (χ1n) is 21.5. The van der Waals surface area contributed by atoms with Crippen LogP contribution in [0.3, 0.4) is 0 Å². The van der Waals surface area contributed by atoms with E-state index in [-0.39, 0.29) is 0 Å². The number of para-hydroxylation sites is 1. The Labute approximate surface area is 370 Å². The van der Waals surface area contributed by atoms with E-state index in [1.54, 1.807) is 0 Å². The molecule has 300 valence electrons. The quantitative estimate of drug-likeness (QED) is 0.153. The molecule has 0 aliphatic heterocycles. The molecule has 0 aliphatic rings. The number of nitrogens with zero attached hydrogens (tertiary/aromatic N) is 4. The minimum absolute atomic E-state index is 0.589. The number of benzene rings is 10. The van der Waals surface area contributed by atoms with Crippen LogP contribution in [0.25, 0.3) is 99.9 Å². The van der Waals surface area contributed by atoms with Crippen LogP contribution in [0.2, 0.25) is 0 Å². The summed E-state index contributed by atoms with van der Waals surface area (Å²) in [4.78, 5) is 17.7. The van der Waals surface area contributed by atoms with Crippen LogP contribution < -0.4 is 4.90 Å². The fourth-order valence-electron chi connectivity index (χ4n) is 8.94. The van der Waals surface area contributed by atoms with Crippen molar-refractivity contribution in [1.82, 2.24) is 15.0 Å². The molecule has 5 nitrogen and oxygen atoms in total. The van der Waals surface area contributed by atoms with Crippen LogP contribution in [0, 0.1) is 0 Å². The van der Waals surface area contributed by atoms with Crippen molar-refractivity contribution in [2.24, 2.45) is 0 Å². The van der Waals surface area contributed by atoms with Gasteiger partial charge in [-0.25, -0.2) is 15.0 Å². The van der Waals surface area contributed by atoms with Gasteiger partial charge in [0.05, 0.1) is 11.4 Å². The molecule has 0 saturated heterocycles. The van der Waals surface area contributed by atoms with Crippen molar-refractivity contribution in [2.75, 3.05) is 4.90 Å². The smallest absolute Gasteiger partial charge is 0.164 e. The van der Waals surface area contributed by atoms with Gasteiger partial charge in [-0.15, -0.1) is 0 Å². The normalized spacial score (nSPS) is 11.4. The first kappa shape index (κ1) is 37.1. The summed E-state index contributed by atoms with van der Waals surface area (Å²) < 4.78 is 7.08. The fourth-order valence-corrected chi connectivity index (χ4v) is 8.94. The lowest BCUT2D eigenvalue weighted by atomic mass is 9.98. The highest BCUT2D eigenvalue weighted by Crippen LogP contribution is 2.49. The van der Waals surface area contributed by atoms with Crippen molar-refractivity contribution in [3.63, 3.8) is 0 Å². The molecule has 2 heterocycles. The highest BCUT2D eigenvalue weighted by atomic mass is 16.3. The summed E-state index contributed by atoms with van der Waals surface area (Å²) in [6.45, 7) is 0. The third-order valence-corrected chi connectivity index (χ3v) is 12.1. The van der Waals surface area contributed by atoms with Gasteiger partial charge in [-0.1, -0.05) is 182 Å². The summed E-state index contributed by atoms with van der Waals surface area (Å²) in [5.74, 6) is 1.82. The molecule has 64 heavy (non-hydrogen) atoms. The lowest BCUT2D eigenvalue weighted by molar-refractivity contribution is 0.669. The third-order valence-electron chi connectivity index (χ3n) is 12.1.